The van der Waals surface area contributed by atoms with Crippen molar-refractivity contribution in [2.24, 2.45) is 7.05 Å². The third kappa shape index (κ3) is 3.09. The number of aromatic nitrogens is 4. The van der Waals surface area contributed by atoms with Crippen LogP contribution < -0.4 is 4.90 Å². The summed E-state index contributed by atoms with van der Waals surface area (Å²) < 4.78 is 7.06. The molecule has 0 spiro atoms. The Morgan fingerprint density at radius 1 is 1.24 bits per heavy atom. The molecule has 0 N–H and O–H groups in total. The number of anilines is 1. The Morgan fingerprint density at radius 3 is 2.68 bits per heavy atom. The molecule has 0 bridgehead atoms. The molecule has 0 aliphatic carbocycles. The average Bonchev–Trinajstić information content (AvgIpc) is 3.01. The van der Waals surface area contributed by atoms with Crippen LogP contribution in [0.5, 0.6) is 0 Å². The molecule has 25 heavy (non-hydrogen) atoms. The van der Waals surface area contributed by atoms with E-state index in [1.54, 1.807) is 17.1 Å². The van der Waals surface area contributed by atoms with Crippen LogP contribution in [0, 0.1) is 6.92 Å². The molecule has 2 saturated heterocycles. The van der Waals surface area contributed by atoms with Crippen LogP contribution in [0.15, 0.2) is 18.5 Å². The van der Waals surface area contributed by atoms with E-state index in [1.807, 2.05) is 24.9 Å². The highest BCUT2D eigenvalue weighted by atomic mass is 16.5. The van der Waals surface area contributed by atoms with E-state index in [9.17, 15) is 4.79 Å². The lowest BCUT2D eigenvalue weighted by Gasteiger charge is -2.40. The molecule has 0 saturated carbocycles. The van der Waals surface area contributed by atoms with Crippen molar-refractivity contribution in [3.63, 3.8) is 0 Å². The smallest absolute Gasteiger partial charge is 0.257 e. The Labute approximate surface area is 146 Å². The van der Waals surface area contributed by atoms with Crippen LogP contribution in [0.2, 0.25) is 0 Å². The average molecular weight is 342 g/mol. The van der Waals surface area contributed by atoms with E-state index in [1.165, 1.54) is 0 Å². The maximum atomic E-state index is 12.7. The summed E-state index contributed by atoms with van der Waals surface area (Å²) in [4.78, 5) is 25.9. The molecule has 1 atom stereocenters. The minimum atomic E-state index is 0.00791. The highest BCUT2D eigenvalue weighted by molar-refractivity contribution is 5.94. The van der Waals surface area contributed by atoms with E-state index in [0.717, 1.165) is 43.4 Å². The van der Waals surface area contributed by atoms with E-state index in [-0.39, 0.29) is 11.9 Å². The first-order valence-electron chi connectivity index (χ1n) is 8.60. The molecule has 0 aromatic carbocycles. The van der Waals surface area contributed by atoms with Crippen LogP contribution in [0.25, 0.3) is 0 Å². The number of hydrogen-bond acceptors (Lipinski definition) is 6. The lowest BCUT2D eigenvalue weighted by atomic mass is 9.98. The summed E-state index contributed by atoms with van der Waals surface area (Å²) >= 11 is 0. The molecule has 1 amide bonds. The highest BCUT2D eigenvalue weighted by Gasteiger charge is 2.36. The second kappa shape index (κ2) is 6.44. The largest absolute Gasteiger partial charge is 0.378 e. The molecule has 2 aliphatic rings. The second-order valence-corrected chi connectivity index (χ2v) is 6.50. The van der Waals surface area contributed by atoms with Crippen LogP contribution in [0.3, 0.4) is 0 Å². The van der Waals surface area contributed by atoms with Crippen molar-refractivity contribution in [1.29, 1.82) is 0 Å². The third-order valence-electron chi connectivity index (χ3n) is 4.75. The molecule has 2 fully saturated rings. The summed E-state index contributed by atoms with van der Waals surface area (Å²) in [6, 6.07) is 2.03. The van der Waals surface area contributed by atoms with Gasteiger partial charge < -0.3 is 14.5 Å². The second-order valence-electron chi connectivity index (χ2n) is 6.50. The molecule has 2 aromatic rings. The van der Waals surface area contributed by atoms with E-state index in [4.69, 9.17) is 4.74 Å². The van der Waals surface area contributed by atoms with E-state index in [2.05, 4.69) is 20.0 Å². The van der Waals surface area contributed by atoms with Gasteiger partial charge in [0, 0.05) is 38.9 Å². The number of amides is 1. The van der Waals surface area contributed by atoms with Crippen LogP contribution in [0.1, 0.15) is 34.3 Å². The summed E-state index contributed by atoms with van der Waals surface area (Å²) in [5, 5.41) is 4.09. The Hall–Kier alpha value is -2.48. The molecule has 8 nitrogen and oxygen atoms in total. The van der Waals surface area contributed by atoms with Gasteiger partial charge in [0.05, 0.1) is 36.7 Å². The van der Waals surface area contributed by atoms with Gasteiger partial charge in [-0.2, -0.15) is 5.10 Å². The summed E-state index contributed by atoms with van der Waals surface area (Å²) in [5.41, 5.74) is 1.53. The zero-order chi connectivity index (χ0) is 17.4. The highest BCUT2D eigenvalue weighted by Crippen LogP contribution is 2.34. The molecular formula is C17H22N6O2. The van der Waals surface area contributed by atoms with Crippen molar-refractivity contribution in [1.82, 2.24) is 24.6 Å². The fraction of sp³-hybridized carbons (Fsp3) is 0.529. The quantitative estimate of drug-likeness (QED) is 0.826. The summed E-state index contributed by atoms with van der Waals surface area (Å²) in [6.07, 6.45) is 4.29. The Morgan fingerprint density at radius 2 is 2.04 bits per heavy atom. The topological polar surface area (TPSA) is 76.4 Å². The lowest BCUT2D eigenvalue weighted by Crippen LogP contribution is -2.45. The Bertz CT molecular complexity index is 783. The molecule has 132 valence electrons. The van der Waals surface area contributed by atoms with Crippen molar-refractivity contribution in [2.75, 3.05) is 37.7 Å². The van der Waals surface area contributed by atoms with Gasteiger partial charge in [0.15, 0.2) is 0 Å². The monoisotopic (exact) mass is 342 g/mol. The molecule has 2 aromatic heterocycles. The van der Waals surface area contributed by atoms with Crippen LogP contribution in [0.4, 0.5) is 5.82 Å². The number of likely N-dealkylation sites (tertiary alicyclic amines) is 1. The van der Waals surface area contributed by atoms with Gasteiger partial charge in [0.1, 0.15) is 11.6 Å². The fourth-order valence-electron chi connectivity index (χ4n) is 3.34. The number of morpholine rings is 1. The third-order valence-corrected chi connectivity index (χ3v) is 4.75. The molecule has 1 unspecified atom stereocenters. The number of hydrogen-bond donors (Lipinski definition) is 0. The number of carbonyl (C=O) groups excluding carboxylic acids is 1. The Balaban J connectivity index is 1.56. The van der Waals surface area contributed by atoms with Gasteiger partial charge in [-0.15, -0.1) is 0 Å². The first-order chi connectivity index (χ1) is 12.1. The first-order valence-corrected chi connectivity index (χ1v) is 8.60. The van der Waals surface area contributed by atoms with Crippen LogP contribution in [-0.4, -0.2) is 63.4 Å². The molecule has 8 heteroatoms. The summed E-state index contributed by atoms with van der Waals surface area (Å²) in [5.74, 6) is 1.67. The lowest BCUT2D eigenvalue weighted by molar-refractivity contribution is 0.0450. The van der Waals surface area contributed by atoms with E-state index in [0.29, 0.717) is 18.8 Å². The van der Waals surface area contributed by atoms with E-state index < -0.39 is 0 Å². The van der Waals surface area contributed by atoms with Gasteiger partial charge in [0.2, 0.25) is 0 Å². The van der Waals surface area contributed by atoms with Gasteiger partial charge in [-0.1, -0.05) is 0 Å². The first kappa shape index (κ1) is 16.0. The number of ether oxygens (including phenoxy) is 1. The van der Waals surface area contributed by atoms with Gasteiger partial charge in [-0.3, -0.25) is 9.48 Å². The zero-order valence-corrected chi connectivity index (χ0v) is 14.6. The molecule has 4 heterocycles. The van der Waals surface area contributed by atoms with Gasteiger partial charge in [0.25, 0.3) is 5.91 Å². The SMILES string of the molecule is Cc1nc(C2CCN2C(=O)c2cnn(C)c2)cc(N2CCOCC2)n1. The molecule has 0 radical (unpaired) electrons. The maximum absolute atomic E-state index is 12.7. The van der Waals surface area contributed by atoms with Crippen LogP contribution in [-0.2, 0) is 11.8 Å². The van der Waals surface area contributed by atoms with Crippen molar-refractivity contribution >= 4 is 11.7 Å². The zero-order valence-electron chi connectivity index (χ0n) is 14.6. The molecular weight excluding hydrogens is 320 g/mol. The summed E-state index contributed by atoms with van der Waals surface area (Å²) in [6.45, 7) is 5.74. The minimum absolute atomic E-state index is 0.00791. The van der Waals surface area contributed by atoms with Crippen LogP contribution >= 0.6 is 0 Å². The summed E-state index contributed by atoms with van der Waals surface area (Å²) in [7, 11) is 1.81. The number of rotatable bonds is 3. The van der Waals surface area contributed by atoms with Crippen molar-refractivity contribution in [2.45, 2.75) is 19.4 Å². The molecule has 2 aliphatic heterocycles. The standard InChI is InChI=1S/C17H22N6O2/c1-12-19-14(9-16(20-12)22-5-7-25-8-6-22)15-3-4-23(15)17(24)13-10-18-21(2)11-13/h9-11,15H,3-8H2,1-2H3. The van der Waals surface area contributed by atoms with Gasteiger partial charge in [-0.25, -0.2) is 9.97 Å². The van der Waals surface area contributed by atoms with Gasteiger partial charge >= 0.3 is 0 Å². The van der Waals surface area contributed by atoms with Crippen molar-refractivity contribution in [3.05, 3.63) is 35.5 Å². The predicted octanol–water partition coefficient (Wildman–Crippen LogP) is 0.942. The maximum Gasteiger partial charge on any atom is 0.257 e. The Kier molecular flexibility index (Phi) is 4.12. The fourth-order valence-corrected chi connectivity index (χ4v) is 3.34. The normalized spacial score (nSPS) is 20.5. The molecule has 4 rings (SSSR count). The number of aryl methyl sites for hydroxylation is 2. The number of nitrogens with zero attached hydrogens (tertiary/aromatic N) is 6. The number of carbonyl (C=O) groups is 1. The van der Waals surface area contributed by atoms with E-state index >= 15 is 0 Å². The van der Waals surface area contributed by atoms with Crippen molar-refractivity contribution in [3.8, 4) is 0 Å². The van der Waals surface area contributed by atoms with Gasteiger partial charge in [-0.05, 0) is 13.3 Å². The predicted molar refractivity (Wildman–Crippen MR) is 91.4 cm³/mol. The van der Waals surface area contributed by atoms with Crippen molar-refractivity contribution < 1.29 is 9.53 Å². The minimum Gasteiger partial charge on any atom is -0.378 e.